The van der Waals surface area contributed by atoms with Gasteiger partial charge in [0.15, 0.2) is 0 Å². The summed E-state index contributed by atoms with van der Waals surface area (Å²) in [6.07, 6.45) is 5.33. The number of hydrogen-bond acceptors (Lipinski definition) is 4. The molecule has 3 heterocycles. The van der Waals surface area contributed by atoms with Crippen molar-refractivity contribution in [3.8, 4) is 0 Å². The molecule has 0 saturated carbocycles. The number of nitrogens with zero attached hydrogens (tertiary/aromatic N) is 4. The molecule has 0 aliphatic carbocycles. The van der Waals surface area contributed by atoms with Gasteiger partial charge >= 0.3 is 0 Å². The average Bonchev–Trinajstić information content (AvgIpc) is 3.20. The Morgan fingerprint density at radius 3 is 2.62 bits per heavy atom. The lowest BCUT2D eigenvalue weighted by Crippen LogP contribution is -2.45. The van der Waals surface area contributed by atoms with Crippen LogP contribution in [0.15, 0.2) is 66.9 Å². The number of piperazine rings is 1. The van der Waals surface area contributed by atoms with E-state index in [9.17, 15) is 4.79 Å². The molecular formula is C28H31N5O. The Morgan fingerprint density at radius 2 is 1.79 bits per heavy atom. The number of benzene rings is 2. The number of fused-ring (bicyclic) bond motifs is 3. The van der Waals surface area contributed by atoms with Crippen molar-refractivity contribution in [1.82, 2.24) is 19.8 Å². The molecule has 0 unspecified atom stereocenters. The van der Waals surface area contributed by atoms with E-state index in [1.165, 1.54) is 21.8 Å². The van der Waals surface area contributed by atoms with Crippen LogP contribution in [0.25, 0.3) is 27.9 Å². The highest BCUT2D eigenvalue weighted by Crippen LogP contribution is 2.30. The lowest BCUT2D eigenvalue weighted by molar-refractivity contribution is -0.116. The quantitative estimate of drug-likeness (QED) is 0.443. The van der Waals surface area contributed by atoms with Crippen molar-refractivity contribution in [2.45, 2.75) is 20.0 Å². The summed E-state index contributed by atoms with van der Waals surface area (Å²) in [5.41, 5.74) is 4.52. The third-order valence-electron chi connectivity index (χ3n) is 6.66. The van der Waals surface area contributed by atoms with Gasteiger partial charge in [-0.1, -0.05) is 30.3 Å². The summed E-state index contributed by atoms with van der Waals surface area (Å²) in [6.45, 7) is 7.49. The minimum atomic E-state index is -0.107. The van der Waals surface area contributed by atoms with E-state index in [0.29, 0.717) is 6.54 Å². The molecule has 4 aromatic rings. The number of para-hydroxylation sites is 1. The molecule has 34 heavy (non-hydrogen) atoms. The van der Waals surface area contributed by atoms with Crippen LogP contribution in [0, 0.1) is 0 Å². The fourth-order valence-corrected chi connectivity index (χ4v) is 4.80. The molecule has 1 aliphatic heterocycles. The first kappa shape index (κ1) is 22.2. The Hall–Kier alpha value is -3.64. The van der Waals surface area contributed by atoms with E-state index in [2.05, 4.69) is 81.1 Å². The van der Waals surface area contributed by atoms with Gasteiger partial charge in [0.05, 0.1) is 0 Å². The van der Waals surface area contributed by atoms with Gasteiger partial charge in [-0.3, -0.25) is 4.79 Å². The second-order valence-electron chi connectivity index (χ2n) is 8.87. The summed E-state index contributed by atoms with van der Waals surface area (Å²) in [6, 6.07) is 18.8. The van der Waals surface area contributed by atoms with Crippen LogP contribution in [-0.2, 0) is 17.9 Å². The maximum atomic E-state index is 12.6. The Balaban J connectivity index is 1.29. The number of carbonyl (C=O) groups excluding carboxylic acids is 1. The third kappa shape index (κ3) is 4.41. The van der Waals surface area contributed by atoms with Gasteiger partial charge in [0.1, 0.15) is 5.82 Å². The van der Waals surface area contributed by atoms with Crippen molar-refractivity contribution >= 4 is 39.6 Å². The Labute approximate surface area is 200 Å². The van der Waals surface area contributed by atoms with Crippen LogP contribution in [0.4, 0.5) is 5.82 Å². The summed E-state index contributed by atoms with van der Waals surface area (Å²) in [5.74, 6) is 0.863. The number of aromatic nitrogens is 2. The highest BCUT2D eigenvalue weighted by Gasteiger charge is 2.18. The van der Waals surface area contributed by atoms with E-state index in [1.807, 2.05) is 24.4 Å². The van der Waals surface area contributed by atoms with E-state index < -0.39 is 0 Å². The number of aryl methyl sites for hydroxylation is 1. The van der Waals surface area contributed by atoms with Crippen molar-refractivity contribution in [3.63, 3.8) is 0 Å². The maximum absolute atomic E-state index is 12.6. The second kappa shape index (κ2) is 9.69. The summed E-state index contributed by atoms with van der Waals surface area (Å²) in [7, 11) is 2.14. The van der Waals surface area contributed by atoms with Gasteiger partial charge in [-0.05, 0) is 49.9 Å². The van der Waals surface area contributed by atoms with Gasteiger partial charge < -0.3 is 19.7 Å². The topological polar surface area (TPSA) is 53.4 Å². The average molecular weight is 454 g/mol. The van der Waals surface area contributed by atoms with Crippen molar-refractivity contribution in [2.75, 3.05) is 38.1 Å². The first-order chi connectivity index (χ1) is 16.6. The summed E-state index contributed by atoms with van der Waals surface area (Å²) >= 11 is 0. The fraction of sp³-hybridized carbons (Fsp3) is 0.286. The molecule has 174 valence electrons. The Morgan fingerprint density at radius 1 is 1.00 bits per heavy atom. The van der Waals surface area contributed by atoms with Gasteiger partial charge in [-0.25, -0.2) is 4.98 Å². The van der Waals surface area contributed by atoms with E-state index in [1.54, 1.807) is 6.08 Å². The number of carbonyl (C=O) groups is 1. The third-order valence-corrected chi connectivity index (χ3v) is 6.66. The number of nitrogens with one attached hydrogen (secondary N) is 1. The Bertz CT molecular complexity index is 1350. The van der Waals surface area contributed by atoms with Gasteiger partial charge in [-0.2, -0.15) is 0 Å². The monoisotopic (exact) mass is 453 g/mol. The van der Waals surface area contributed by atoms with Gasteiger partial charge in [0.2, 0.25) is 5.91 Å². The molecule has 0 atom stereocenters. The van der Waals surface area contributed by atoms with Crippen molar-refractivity contribution in [1.29, 1.82) is 0 Å². The summed E-state index contributed by atoms with van der Waals surface area (Å²) < 4.78 is 2.33. The normalized spacial score (nSPS) is 14.9. The predicted octanol–water partition coefficient (Wildman–Crippen LogP) is 4.29. The molecule has 1 amide bonds. The van der Waals surface area contributed by atoms with E-state index in [4.69, 9.17) is 0 Å². The molecule has 0 bridgehead atoms. The molecule has 1 N–H and O–H groups in total. The number of rotatable bonds is 6. The minimum absolute atomic E-state index is 0.107. The van der Waals surface area contributed by atoms with Gasteiger partial charge in [-0.15, -0.1) is 0 Å². The van der Waals surface area contributed by atoms with Gasteiger partial charge in [0.25, 0.3) is 0 Å². The van der Waals surface area contributed by atoms with Crippen LogP contribution in [0.2, 0.25) is 0 Å². The minimum Gasteiger partial charge on any atom is -0.354 e. The predicted molar refractivity (Wildman–Crippen MR) is 140 cm³/mol. The first-order valence-electron chi connectivity index (χ1n) is 12.0. The smallest absolute Gasteiger partial charge is 0.244 e. The van der Waals surface area contributed by atoms with Crippen LogP contribution in [0.1, 0.15) is 18.1 Å². The number of amides is 1. The molecule has 1 saturated heterocycles. The van der Waals surface area contributed by atoms with Crippen molar-refractivity contribution in [3.05, 3.63) is 78.0 Å². The Kier molecular flexibility index (Phi) is 6.32. The molecule has 0 spiro atoms. The van der Waals surface area contributed by atoms with Crippen LogP contribution in [0.5, 0.6) is 0 Å². The number of hydrogen-bond donors (Lipinski definition) is 1. The van der Waals surface area contributed by atoms with Crippen LogP contribution < -0.4 is 10.2 Å². The second-order valence-corrected chi connectivity index (χ2v) is 8.87. The molecule has 6 heteroatoms. The highest BCUT2D eigenvalue weighted by atomic mass is 16.1. The zero-order chi connectivity index (χ0) is 23.5. The molecular weight excluding hydrogens is 422 g/mol. The number of pyridine rings is 1. The summed E-state index contributed by atoms with van der Waals surface area (Å²) in [5, 5.41) is 5.49. The number of likely N-dealkylation sites (N-methyl/N-ethyl adjacent to an activating group) is 1. The molecule has 1 fully saturated rings. The molecule has 5 rings (SSSR count). The molecule has 6 nitrogen and oxygen atoms in total. The largest absolute Gasteiger partial charge is 0.354 e. The number of anilines is 1. The molecule has 2 aromatic heterocycles. The fourth-order valence-electron chi connectivity index (χ4n) is 4.80. The zero-order valence-corrected chi connectivity index (χ0v) is 19.9. The molecule has 2 aromatic carbocycles. The van der Waals surface area contributed by atoms with Crippen molar-refractivity contribution < 1.29 is 4.79 Å². The maximum Gasteiger partial charge on any atom is 0.244 e. The highest BCUT2D eigenvalue weighted by molar-refractivity contribution is 6.08. The van der Waals surface area contributed by atoms with Crippen LogP contribution in [-0.4, -0.2) is 53.6 Å². The SMILES string of the molecule is CCn1c2ccccc2c2cc(/C=C/C(=O)NCc3cccnc3N3CCN(C)CC3)ccc21. The first-order valence-corrected chi connectivity index (χ1v) is 12.0. The van der Waals surface area contributed by atoms with Crippen LogP contribution >= 0.6 is 0 Å². The van der Waals surface area contributed by atoms with Crippen molar-refractivity contribution in [2.24, 2.45) is 0 Å². The standard InChI is InChI=1S/C28H31N5O/c1-3-33-25-9-5-4-8-23(25)24-19-21(10-12-26(24)33)11-13-27(34)30-20-22-7-6-14-29-28(22)32-17-15-31(2)16-18-32/h4-14,19H,3,15-18,20H2,1-2H3,(H,30,34)/b13-11+. The van der Waals surface area contributed by atoms with E-state index >= 15 is 0 Å². The zero-order valence-electron chi connectivity index (χ0n) is 19.9. The van der Waals surface area contributed by atoms with E-state index in [0.717, 1.165) is 49.7 Å². The van der Waals surface area contributed by atoms with Crippen LogP contribution in [0.3, 0.4) is 0 Å². The lowest BCUT2D eigenvalue weighted by Gasteiger charge is -2.34. The van der Waals surface area contributed by atoms with E-state index in [-0.39, 0.29) is 5.91 Å². The van der Waals surface area contributed by atoms with Gasteiger partial charge in [0, 0.05) is 78.9 Å². The lowest BCUT2D eigenvalue weighted by atomic mass is 10.1. The molecule has 0 radical (unpaired) electrons. The summed E-state index contributed by atoms with van der Waals surface area (Å²) in [4.78, 5) is 21.8. The molecule has 1 aliphatic rings.